The summed E-state index contributed by atoms with van der Waals surface area (Å²) in [5.74, 6) is 2.47. The van der Waals surface area contributed by atoms with Gasteiger partial charge < -0.3 is 0 Å². The average molecular weight is 291 g/mol. The van der Waals surface area contributed by atoms with E-state index in [0.29, 0.717) is 4.58 Å². The summed E-state index contributed by atoms with van der Waals surface area (Å²) in [5, 5.41) is 1.57. The van der Waals surface area contributed by atoms with Crippen molar-refractivity contribution in [3.05, 3.63) is 40.9 Å². The molecular formula is C12H12Cl2S2. The predicted molar refractivity (Wildman–Crippen MR) is 78.6 cm³/mol. The number of hydrogen-bond donors (Lipinski definition) is 0. The Morgan fingerprint density at radius 1 is 1.19 bits per heavy atom. The third kappa shape index (κ3) is 3.63. The zero-order valence-electron chi connectivity index (χ0n) is 8.66. The Kier molecular flexibility index (Phi) is 4.96. The Balaban J connectivity index is 2.07. The highest BCUT2D eigenvalue weighted by Crippen LogP contribution is 2.34. The van der Waals surface area contributed by atoms with Crippen LogP contribution in [0.25, 0.3) is 5.03 Å². The van der Waals surface area contributed by atoms with E-state index in [0.717, 1.165) is 15.6 Å². The smallest absolute Gasteiger partial charge is 0.0699 e. The summed E-state index contributed by atoms with van der Waals surface area (Å²) in [6.07, 6.45) is 3.44. The van der Waals surface area contributed by atoms with Gasteiger partial charge in [0.2, 0.25) is 0 Å². The van der Waals surface area contributed by atoms with E-state index in [9.17, 15) is 0 Å². The van der Waals surface area contributed by atoms with Crippen molar-refractivity contribution >= 4 is 51.8 Å². The molecule has 0 N–H and O–H groups in total. The van der Waals surface area contributed by atoms with E-state index in [1.165, 1.54) is 17.9 Å². The molecule has 86 valence electrons. The Hall–Kier alpha value is 0.240. The molecule has 0 amide bonds. The van der Waals surface area contributed by atoms with Gasteiger partial charge in [-0.25, -0.2) is 0 Å². The second kappa shape index (κ2) is 6.25. The lowest BCUT2D eigenvalue weighted by molar-refractivity contribution is 1.11. The Morgan fingerprint density at radius 2 is 1.81 bits per heavy atom. The largest absolute Gasteiger partial charge is 0.143 e. The molecule has 0 aromatic heterocycles. The van der Waals surface area contributed by atoms with Crippen LogP contribution in [0.5, 0.6) is 0 Å². The van der Waals surface area contributed by atoms with Crippen LogP contribution in [0.3, 0.4) is 0 Å². The Bertz CT molecular complexity index is 367. The lowest BCUT2D eigenvalue weighted by Crippen LogP contribution is -2.03. The number of benzene rings is 1. The highest BCUT2D eigenvalue weighted by Gasteiger charge is 2.12. The zero-order valence-corrected chi connectivity index (χ0v) is 11.8. The summed E-state index contributed by atoms with van der Waals surface area (Å²) in [5.41, 5.74) is 1.04. The molecule has 16 heavy (non-hydrogen) atoms. The number of hydrogen-bond acceptors (Lipinski definition) is 2. The number of thioether (sulfide) groups is 2. The van der Waals surface area contributed by atoms with Gasteiger partial charge in [0.15, 0.2) is 0 Å². The van der Waals surface area contributed by atoms with Crippen molar-refractivity contribution in [2.45, 2.75) is 11.0 Å². The van der Waals surface area contributed by atoms with Crippen LogP contribution >= 0.6 is 46.7 Å². The van der Waals surface area contributed by atoms with Crippen LogP contribution in [0.2, 0.25) is 5.02 Å². The van der Waals surface area contributed by atoms with Crippen LogP contribution in [-0.4, -0.2) is 16.1 Å². The number of rotatable bonds is 2. The molecule has 0 bridgehead atoms. The molecule has 1 aromatic carbocycles. The molecule has 1 aromatic rings. The first-order valence-corrected chi connectivity index (χ1v) is 7.97. The second-order valence-corrected chi connectivity index (χ2v) is 7.13. The van der Waals surface area contributed by atoms with Crippen molar-refractivity contribution < 1.29 is 0 Å². The van der Waals surface area contributed by atoms with Gasteiger partial charge in [0, 0.05) is 10.1 Å². The van der Waals surface area contributed by atoms with Crippen molar-refractivity contribution in [1.29, 1.82) is 0 Å². The second-order valence-electron chi connectivity index (χ2n) is 3.49. The van der Waals surface area contributed by atoms with Crippen LogP contribution in [0.1, 0.15) is 12.0 Å². The summed E-state index contributed by atoms with van der Waals surface area (Å²) in [6.45, 7) is 0. The lowest BCUT2D eigenvalue weighted by atomic mass is 10.2. The van der Waals surface area contributed by atoms with Gasteiger partial charge in [-0.05, 0) is 41.7 Å². The molecule has 1 heterocycles. The topological polar surface area (TPSA) is 0 Å². The maximum absolute atomic E-state index is 6.28. The van der Waals surface area contributed by atoms with Gasteiger partial charge in [-0.15, -0.1) is 23.5 Å². The monoisotopic (exact) mass is 290 g/mol. The average Bonchev–Trinajstić information content (AvgIpc) is 2.31. The summed E-state index contributed by atoms with van der Waals surface area (Å²) < 4.78 is 0.497. The van der Waals surface area contributed by atoms with Crippen LogP contribution in [0.4, 0.5) is 0 Å². The van der Waals surface area contributed by atoms with Crippen molar-refractivity contribution in [3.63, 3.8) is 0 Å². The maximum atomic E-state index is 6.28. The molecular weight excluding hydrogens is 279 g/mol. The highest BCUT2D eigenvalue weighted by atomic mass is 35.5. The van der Waals surface area contributed by atoms with Crippen molar-refractivity contribution in [1.82, 2.24) is 0 Å². The van der Waals surface area contributed by atoms with Crippen LogP contribution in [0, 0.1) is 0 Å². The van der Waals surface area contributed by atoms with E-state index < -0.39 is 0 Å². The van der Waals surface area contributed by atoms with Gasteiger partial charge in [-0.1, -0.05) is 35.3 Å². The predicted octanol–water partition coefficient (Wildman–Crippen LogP) is 5.12. The third-order valence-corrected chi connectivity index (χ3v) is 5.65. The van der Waals surface area contributed by atoms with Gasteiger partial charge >= 0.3 is 0 Å². The van der Waals surface area contributed by atoms with Crippen molar-refractivity contribution in [3.8, 4) is 0 Å². The van der Waals surface area contributed by atoms with E-state index in [1.54, 1.807) is 0 Å². The molecule has 0 atom stereocenters. The molecule has 0 nitrogen and oxygen atoms in total. The lowest BCUT2D eigenvalue weighted by Gasteiger charge is -2.17. The van der Waals surface area contributed by atoms with Crippen molar-refractivity contribution in [2.24, 2.45) is 0 Å². The minimum Gasteiger partial charge on any atom is -0.143 e. The van der Waals surface area contributed by atoms with Gasteiger partial charge in [0.1, 0.15) is 0 Å². The standard InChI is InChI=1S/C12H12Cl2S2/c13-10-4-2-9(3-5-10)11(14)8-12-15-6-1-7-16-12/h2-5,8,12H,1,6-7H2. The van der Waals surface area contributed by atoms with Crippen LogP contribution < -0.4 is 0 Å². The molecule has 1 fully saturated rings. The fourth-order valence-electron chi connectivity index (χ4n) is 1.43. The first-order valence-electron chi connectivity index (χ1n) is 5.12. The van der Waals surface area contributed by atoms with Gasteiger partial charge in [-0.2, -0.15) is 0 Å². The quantitative estimate of drug-likeness (QED) is 0.742. The molecule has 1 aliphatic heterocycles. The minimum atomic E-state index is 0.497. The normalized spacial score (nSPS) is 18.8. The molecule has 1 saturated heterocycles. The van der Waals surface area contributed by atoms with E-state index in [2.05, 4.69) is 6.08 Å². The van der Waals surface area contributed by atoms with Gasteiger partial charge in [-0.3, -0.25) is 0 Å². The molecule has 0 spiro atoms. The third-order valence-electron chi connectivity index (χ3n) is 2.26. The van der Waals surface area contributed by atoms with E-state index in [1.807, 2.05) is 47.8 Å². The Labute approximate surface area is 115 Å². The zero-order chi connectivity index (χ0) is 11.4. The van der Waals surface area contributed by atoms with Crippen LogP contribution in [0.15, 0.2) is 30.3 Å². The first-order chi connectivity index (χ1) is 7.75. The fraction of sp³-hybridized carbons (Fsp3) is 0.333. The summed E-state index contributed by atoms with van der Waals surface area (Å²) >= 11 is 16.1. The summed E-state index contributed by atoms with van der Waals surface area (Å²) in [7, 11) is 0. The molecule has 4 heteroatoms. The summed E-state index contributed by atoms with van der Waals surface area (Å²) in [4.78, 5) is 0. The van der Waals surface area contributed by atoms with Crippen LogP contribution in [-0.2, 0) is 0 Å². The molecule has 0 aliphatic carbocycles. The van der Waals surface area contributed by atoms with E-state index in [-0.39, 0.29) is 0 Å². The molecule has 0 radical (unpaired) electrons. The highest BCUT2D eigenvalue weighted by molar-refractivity contribution is 8.17. The summed E-state index contributed by atoms with van der Waals surface area (Å²) in [6, 6.07) is 7.65. The maximum Gasteiger partial charge on any atom is 0.0699 e. The number of halogens is 2. The van der Waals surface area contributed by atoms with E-state index >= 15 is 0 Å². The van der Waals surface area contributed by atoms with E-state index in [4.69, 9.17) is 23.2 Å². The molecule has 0 unspecified atom stereocenters. The molecule has 0 saturated carbocycles. The first kappa shape index (κ1) is 12.7. The minimum absolute atomic E-state index is 0.497. The van der Waals surface area contributed by atoms with Crippen molar-refractivity contribution in [2.75, 3.05) is 11.5 Å². The van der Waals surface area contributed by atoms with Gasteiger partial charge in [0.25, 0.3) is 0 Å². The molecule has 2 rings (SSSR count). The Morgan fingerprint density at radius 3 is 2.44 bits per heavy atom. The van der Waals surface area contributed by atoms with Gasteiger partial charge in [0.05, 0.1) is 4.58 Å². The SMILES string of the molecule is ClC(=CC1SCCCS1)c1ccc(Cl)cc1. The fourth-order valence-corrected chi connectivity index (χ4v) is 4.65. The molecule has 1 aliphatic rings.